The van der Waals surface area contributed by atoms with Crippen LogP contribution in [0.3, 0.4) is 0 Å². The summed E-state index contributed by atoms with van der Waals surface area (Å²) in [7, 11) is 0. The van der Waals surface area contributed by atoms with Gasteiger partial charge in [-0.1, -0.05) is 41.9 Å². The fourth-order valence-electron chi connectivity index (χ4n) is 1.84. The van der Waals surface area contributed by atoms with Crippen LogP contribution < -0.4 is 0 Å². The van der Waals surface area contributed by atoms with Gasteiger partial charge >= 0.3 is 0 Å². The minimum Gasteiger partial charge on any atom is -0.207 e. The molecule has 0 saturated carbocycles. The average molecular weight is 283 g/mol. The van der Waals surface area contributed by atoms with E-state index in [-0.39, 0.29) is 11.2 Å². The van der Waals surface area contributed by atoms with Crippen molar-refractivity contribution < 1.29 is 4.39 Å². The number of benzene rings is 2. The van der Waals surface area contributed by atoms with E-state index in [1.807, 2.05) is 31.2 Å². The van der Waals surface area contributed by atoms with Crippen molar-refractivity contribution in [2.24, 2.45) is 0 Å². The Morgan fingerprint density at radius 3 is 2.56 bits per heavy atom. The van der Waals surface area contributed by atoms with Crippen LogP contribution in [0.1, 0.15) is 22.1 Å². The second-order valence-corrected chi connectivity index (χ2v) is 5.21. The van der Waals surface area contributed by atoms with Gasteiger partial charge in [-0.15, -0.1) is 11.6 Å². The molecular formula is C15H13Cl2F. The lowest BCUT2D eigenvalue weighted by atomic mass is 10.0. The quantitative estimate of drug-likeness (QED) is 0.669. The van der Waals surface area contributed by atoms with E-state index in [0.29, 0.717) is 17.0 Å². The minimum absolute atomic E-state index is 0.214. The molecule has 18 heavy (non-hydrogen) atoms. The Labute approximate surface area is 116 Å². The van der Waals surface area contributed by atoms with Gasteiger partial charge in [0.05, 0.1) is 5.38 Å². The van der Waals surface area contributed by atoms with Gasteiger partial charge < -0.3 is 0 Å². The van der Waals surface area contributed by atoms with Crippen molar-refractivity contribution in [1.82, 2.24) is 0 Å². The number of halogens is 3. The second kappa shape index (κ2) is 5.73. The number of rotatable bonds is 3. The van der Waals surface area contributed by atoms with Crippen molar-refractivity contribution in [1.29, 1.82) is 0 Å². The fraction of sp³-hybridized carbons (Fsp3) is 0.200. The number of alkyl halides is 1. The first-order valence-corrected chi connectivity index (χ1v) is 6.53. The van der Waals surface area contributed by atoms with E-state index in [1.165, 1.54) is 6.07 Å². The molecule has 0 radical (unpaired) electrons. The largest absolute Gasteiger partial charge is 0.207 e. The van der Waals surface area contributed by atoms with E-state index in [0.717, 1.165) is 11.1 Å². The van der Waals surface area contributed by atoms with Crippen LogP contribution in [-0.2, 0) is 6.42 Å². The van der Waals surface area contributed by atoms with E-state index >= 15 is 0 Å². The first-order valence-electron chi connectivity index (χ1n) is 5.71. The number of aryl methyl sites for hydroxylation is 1. The topological polar surface area (TPSA) is 0 Å². The van der Waals surface area contributed by atoms with E-state index < -0.39 is 0 Å². The maximum Gasteiger partial charge on any atom is 0.126 e. The third kappa shape index (κ3) is 3.04. The Morgan fingerprint density at radius 1 is 1.17 bits per heavy atom. The summed E-state index contributed by atoms with van der Waals surface area (Å²) in [6, 6.07) is 12.3. The van der Waals surface area contributed by atoms with Crippen LogP contribution in [0.5, 0.6) is 0 Å². The minimum atomic E-state index is -0.252. The van der Waals surface area contributed by atoms with Crippen LogP contribution in [0.25, 0.3) is 0 Å². The van der Waals surface area contributed by atoms with Crippen LogP contribution in [0.4, 0.5) is 4.39 Å². The maximum atomic E-state index is 13.5. The molecule has 0 saturated heterocycles. The SMILES string of the molecule is Cc1cc(C(Cl)Cc2ccccc2F)ccc1Cl. The van der Waals surface area contributed by atoms with Gasteiger partial charge in [0.15, 0.2) is 0 Å². The lowest BCUT2D eigenvalue weighted by Gasteiger charge is -2.12. The normalized spacial score (nSPS) is 12.4. The summed E-state index contributed by atoms with van der Waals surface area (Å²) >= 11 is 12.3. The lowest BCUT2D eigenvalue weighted by Crippen LogP contribution is -1.98. The molecule has 2 aromatic rings. The van der Waals surface area contributed by atoms with Gasteiger partial charge in [0.25, 0.3) is 0 Å². The highest BCUT2D eigenvalue weighted by atomic mass is 35.5. The molecule has 1 unspecified atom stereocenters. The molecule has 0 aliphatic rings. The second-order valence-electron chi connectivity index (χ2n) is 4.27. The summed E-state index contributed by atoms with van der Waals surface area (Å²) in [6.07, 6.45) is 0.468. The third-order valence-electron chi connectivity index (χ3n) is 2.90. The summed E-state index contributed by atoms with van der Waals surface area (Å²) < 4.78 is 13.5. The van der Waals surface area contributed by atoms with E-state index in [2.05, 4.69) is 0 Å². The zero-order chi connectivity index (χ0) is 13.1. The molecule has 1 atom stereocenters. The molecule has 0 nitrogen and oxygen atoms in total. The van der Waals surface area contributed by atoms with Gasteiger partial charge in [-0.2, -0.15) is 0 Å². The molecule has 2 rings (SSSR count). The predicted molar refractivity (Wildman–Crippen MR) is 74.9 cm³/mol. The monoisotopic (exact) mass is 282 g/mol. The highest BCUT2D eigenvalue weighted by molar-refractivity contribution is 6.31. The number of hydrogen-bond acceptors (Lipinski definition) is 0. The van der Waals surface area contributed by atoms with Crippen LogP contribution in [0.2, 0.25) is 5.02 Å². The smallest absolute Gasteiger partial charge is 0.126 e. The zero-order valence-corrected chi connectivity index (χ0v) is 11.5. The lowest BCUT2D eigenvalue weighted by molar-refractivity contribution is 0.607. The van der Waals surface area contributed by atoms with Crippen LogP contribution >= 0.6 is 23.2 Å². The van der Waals surface area contributed by atoms with Crippen molar-refractivity contribution in [2.75, 3.05) is 0 Å². The molecule has 0 aliphatic heterocycles. The Bertz CT molecular complexity index is 552. The van der Waals surface area contributed by atoms with Crippen LogP contribution in [-0.4, -0.2) is 0 Å². The summed E-state index contributed by atoms with van der Waals surface area (Å²) in [6.45, 7) is 1.93. The Hall–Kier alpha value is -1.05. The van der Waals surface area contributed by atoms with E-state index in [4.69, 9.17) is 23.2 Å². The Kier molecular flexibility index (Phi) is 4.26. The fourth-order valence-corrected chi connectivity index (χ4v) is 2.26. The van der Waals surface area contributed by atoms with E-state index in [9.17, 15) is 4.39 Å². The first-order chi connectivity index (χ1) is 8.58. The summed E-state index contributed by atoms with van der Waals surface area (Å²) in [5.74, 6) is -0.214. The maximum absolute atomic E-state index is 13.5. The molecular weight excluding hydrogens is 270 g/mol. The molecule has 0 aromatic heterocycles. The molecule has 0 spiro atoms. The van der Waals surface area contributed by atoms with Crippen molar-refractivity contribution in [3.8, 4) is 0 Å². The summed E-state index contributed by atoms with van der Waals surface area (Å²) in [4.78, 5) is 0. The third-order valence-corrected chi connectivity index (χ3v) is 3.73. The van der Waals surface area contributed by atoms with Gasteiger partial charge in [-0.3, -0.25) is 0 Å². The number of hydrogen-bond donors (Lipinski definition) is 0. The van der Waals surface area contributed by atoms with E-state index in [1.54, 1.807) is 12.1 Å². The molecule has 0 heterocycles. The molecule has 0 amide bonds. The van der Waals surface area contributed by atoms with Gasteiger partial charge in [0, 0.05) is 5.02 Å². The van der Waals surface area contributed by atoms with Crippen LogP contribution in [0, 0.1) is 12.7 Å². The highest BCUT2D eigenvalue weighted by Crippen LogP contribution is 2.28. The molecule has 3 heteroatoms. The molecule has 0 aliphatic carbocycles. The summed E-state index contributed by atoms with van der Waals surface area (Å²) in [5.41, 5.74) is 2.57. The standard InChI is InChI=1S/C15H13Cl2F/c1-10-8-11(6-7-13(10)16)14(17)9-12-4-2-3-5-15(12)18/h2-8,14H,9H2,1H3. The molecule has 2 aromatic carbocycles. The molecule has 94 valence electrons. The average Bonchev–Trinajstić information content (AvgIpc) is 2.35. The predicted octanol–water partition coefficient (Wildman–Crippen LogP) is 5.31. The van der Waals surface area contributed by atoms with Crippen molar-refractivity contribution in [3.05, 3.63) is 70.0 Å². The van der Waals surface area contributed by atoms with Gasteiger partial charge in [-0.05, 0) is 42.2 Å². The van der Waals surface area contributed by atoms with Gasteiger partial charge in [0.1, 0.15) is 5.82 Å². The molecule has 0 N–H and O–H groups in total. The highest BCUT2D eigenvalue weighted by Gasteiger charge is 2.12. The van der Waals surface area contributed by atoms with Crippen molar-refractivity contribution in [3.63, 3.8) is 0 Å². The summed E-state index contributed by atoms with van der Waals surface area (Å²) in [5, 5.41) is 0.464. The Balaban J connectivity index is 2.19. The van der Waals surface area contributed by atoms with Gasteiger partial charge in [-0.25, -0.2) is 4.39 Å². The van der Waals surface area contributed by atoms with Gasteiger partial charge in [0.2, 0.25) is 0 Å². The van der Waals surface area contributed by atoms with Crippen LogP contribution in [0.15, 0.2) is 42.5 Å². The first kappa shape index (κ1) is 13.4. The molecule has 0 fully saturated rings. The molecule has 0 bridgehead atoms. The van der Waals surface area contributed by atoms with Crippen molar-refractivity contribution >= 4 is 23.2 Å². The van der Waals surface area contributed by atoms with Crippen molar-refractivity contribution in [2.45, 2.75) is 18.7 Å². The zero-order valence-electron chi connectivity index (χ0n) is 9.96. The Morgan fingerprint density at radius 2 is 1.89 bits per heavy atom.